The molecule has 0 aliphatic rings. The third-order valence-corrected chi connectivity index (χ3v) is 3.63. The van der Waals surface area contributed by atoms with Crippen molar-refractivity contribution < 1.29 is 9.90 Å². The minimum absolute atomic E-state index is 0.0209. The van der Waals surface area contributed by atoms with Crippen molar-refractivity contribution in [2.24, 2.45) is 0 Å². The maximum atomic E-state index is 12.3. The molecule has 2 aromatic rings. The molecule has 0 saturated heterocycles. The summed E-state index contributed by atoms with van der Waals surface area (Å²) in [5.74, 6) is 5.54. The first kappa shape index (κ1) is 15.3. The molecule has 2 N–H and O–H groups in total. The first-order valence-electron chi connectivity index (χ1n) is 6.64. The van der Waals surface area contributed by atoms with Crippen molar-refractivity contribution in [2.45, 2.75) is 26.3 Å². The van der Waals surface area contributed by atoms with E-state index in [0.29, 0.717) is 22.5 Å². The number of nitrogens with zero attached hydrogens (tertiary/aromatic N) is 2. The molecule has 21 heavy (non-hydrogen) atoms. The van der Waals surface area contributed by atoms with E-state index in [2.05, 4.69) is 22.3 Å². The van der Waals surface area contributed by atoms with Crippen LogP contribution in [0.3, 0.4) is 0 Å². The second kappa shape index (κ2) is 7.07. The van der Waals surface area contributed by atoms with E-state index in [1.54, 1.807) is 17.1 Å². The molecule has 0 atom stereocenters. The molecule has 5 nitrogen and oxygen atoms in total. The zero-order valence-corrected chi connectivity index (χ0v) is 12.8. The number of thiophene rings is 1. The Morgan fingerprint density at radius 1 is 1.57 bits per heavy atom. The van der Waals surface area contributed by atoms with Crippen LogP contribution in [-0.2, 0) is 0 Å². The van der Waals surface area contributed by atoms with E-state index in [0.717, 1.165) is 0 Å². The summed E-state index contributed by atoms with van der Waals surface area (Å²) < 4.78 is 1.78. The molecule has 2 aromatic heterocycles. The molecule has 2 heterocycles. The molecule has 0 aromatic carbocycles. The summed E-state index contributed by atoms with van der Waals surface area (Å²) in [7, 11) is 0. The Hall–Kier alpha value is -2.10. The van der Waals surface area contributed by atoms with Crippen molar-refractivity contribution in [3.05, 3.63) is 34.3 Å². The van der Waals surface area contributed by atoms with Crippen molar-refractivity contribution in [1.29, 1.82) is 0 Å². The lowest BCUT2D eigenvalue weighted by Gasteiger charge is -2.03. The summed E-state index contributed by atoms with van der Waals surface area (Å²) >= 11 is 1.34. The van der Waals surface area contributed by atoms with Gasteiger partial charge in [-0.1, -0.05) is 11.8 Å². The first-order chi connectivity index (χ1) is 10.1. The summed E-state index contributed by atoms with van der Waals surface area (Å²) in [6.07, 6.45) is 3.83. The van der Waals surface area contributed by atoms with Crippen molar-refractivity contribution in [2.75, 3.05) is 11.9 Å². The second-order valence-electron chi connectivity index (χ2n) is 4.70. The molecule has 0 fully saturated rings. The van der Waals surface area contributed by atoms with E-state index in [1.165, 1.54) is 11.3 Å². The summed E-state index contributed by atoms with van der Waals surface area (Å²) in [5.41, 5.74) is 1.35. The smallest absolute Gasteiger partial charge is 0.267 e. The molecular weight excluding hydrogens is 286 g/mol. The third-order valence-electron chi connectivity index (χ3n) is 2.72. The van der Waals surface area contributed by atoms with Crippen molar-refractivity contribution in [3.63, 3.8) is 0 Å². The van der Waals surface area contributed by atoms with Crippen LogP contribution in [-0.4, -0.2) is 27.4 Å². The third kappa shape index (κ3) is 3.94. The fourth-order valence-electron chi connectivity index (χ4n) is 1.67. The van der Waals surface area contributed by atoms with E-state index >= 15 is 0 Å². The molecule has 0 bridgehead atoms. The van der Waals surface area contributed by atoms with Crippen LogP contribution in [0.15, 0.2) is 23.8 Å². The van der Waals surface area contributed by atoms with Gasteiger partial charge in [0.25, 0.3) is 5.91 Å². The van der Waals surface area contributed by atoms with Crippen LogP contribution >= 0.6 is 11.3 Å². The van der Waals surface area contributed by atoms with Gasteiger partial charge in [0.05, 0.1) is 18.5 Å². The van der Waals surface area contributed by atoms with Crippen molar-refractivity contribution >= 4 is 22.9 Å². The fraction of sp³-hybridized carbons (Fsp3) is 0.333. The predicted octanol–water partition coefficient (Wildman–Crippen LogP) is 2.51. The summed E-state index contributed by atoms with van der Waals surface area (Å²) in [6.45, 7) is 4.06. The average Bonchev–Trinajstić information content (AvgIpc) is 3.08. The van der Waals surface area contributed by atoms with Crippen LogP contribution < -0.4 is 5.32 Å². The van der Waals surface area contributed by atoms with Gasteiger partial charge in [0.15, 0.2) is 0 Å². The van der Waals surface area contributed by atoms with Gasteiger partial charge in [-0.2, -0.15) is 5.10 Å². The van der Waals surface area contributed by atoms with Crippen LogP contribution in [0, 0.1) is 11.8 Å². The maximum Gasteiger partial charge on any atom is 0.267 e. The Bertz CT molecular complexity index is 676. The van der Waals surface area contributed by atoms with E-state index in [1.807, 2.05) is 25.3 Å². The standard InChI is InChI=1S/C15H17N3O2S/c1-11(2)18-10-13(9-16-18)17-15(20)14-12(6-8-21-14)5-3-4-7-19/h6,8-11,19H,4,7H2,1-2H3,(H,17,20). The van der Waals surface area contributed by atoms with Crippen LogP contribution in [0.2, 0.25) is 0 Å². The quantitative estimate of drug-likeness (QED) is 0.853. The van der Waals surface area contributed by atoms with Gasteiger partial charge in [-0.3, -0.25) is 9.48 Å². The van der Waals surface area contributed by atoms with Gasteiger partial charge in [-0.25, -0.2) is 0 Å². The monoisotopic (exact) mass is 303 g/mol. The van der Waals surface area contributed by atoms with Gasteiger partial charge in [0.2, 0.25) is 0 Å². The second-order valence-corrected chi connectivity index (χ2v) is 5.61. The van der Waals surface area contributed by atoms with Gasteiger partial charge >= 0.3 is 0 Å². The number of hydrogen-bond acceptors (Lipinski definition) is 4. The average molecular weight is 303 g/mol. The van der Waals surface area contributed by atoms with Gasteiger partial charge in [-0.05, 0) is 25.3 Å². The number of aromatic nitrogens is 2. The Balaban J connectivity index is 2.10. The topological polar surface area (TPSA) is 67.2 Å². The maximum absolute atomic E-state index is 12.3. The number of aliphatic hydroxyl groups is 1. The first-order valence-corrected chi connectivity index (χ1v) is 7.52. The molecule has 2 rings (SSSR count). The highest BCUT2D eigenvalue weighted by Gasteiger charge is 2.13. The molecule has 1 amide bonds. The SMILES string of the molecule is CC(C)n1cc(NC(=O)c2sccc2C#CCCO)cn1. The zero-order chi connectivity index (χ0) is 15.2. The summed E-state index contributed by atoms with van der Waals surface area (Å²) in [4.78, 5) is 12.8. The number of carbonyl (C=O) groups excluding carboxylic acids is 1. The van der Waals surface area contributed by atoms with Crippen molar-refractivity contribution in [3.8, 4) is 11.8 Å². The zero-order valence-electron chi connectivity index (χ0n) is 12.0. The summed E-state index contributed by atoms with van der Waals surface area (Å²) in [5, 5.41) is 17.6. The molecule has 0 unspecified atom stereocenters. The number of rotatable bonds is 4. The molecule has 0 radical (unpaired) electrons. The Labute approximate surface area is 127 Å². The lowest BCUT2D eigenvalue weighted by molar-refractivity contribution is 0.103. The minimum Gasteiger partial charge on any atom is -0.395 e. The Morgan fingerprint density at radius 3 is 3.05 bits per heavy atom. The number of nitrogens with one attached hydrogen (secondary N) is 1. The molecular formula is C15H17N3O2S. The lowest BCUT2D eigenvalue weighted by Crippen LogP contribution is -2.11. The fourth-order valence-corrected chi connectivity index (χ4v) is 2.41. The van der Waals surface area contributed by atoms with Crippen molar-refractivity contribution in [1.82, 2.24) is 9.78 Å². The van der Waals surface area contributed by atoms with Crippen LogP contribution in [0.5, 0.6) is 0 Å². The van der Waals surface area contributed by atoms with Gasteiger partial charge in [0, 0.05) is 24.2 Å². The van der Waals surface area contributed by atoms with Crippen LogP contribution in [0.1, 0.15) is 41.5 Å². The van der Waals surface area contributed by atoms with E-state index in [-0.39, 0.29) is 18.6 Å². The van der Waals surface area contributed by atoms with E-state index in [9.17, 15) is 4.79 Å². The highest BCUT2D eigenvalue weighted by molar-refractivity contribution is 7.12. The van der Waals surface area contributed by atoms with Crippen LogP contribution in [0.4, 0.5) is 5.69 Å². The molecule has 0 aliphatic carbocycles. The largest absolute Gasteiger partial charge is 0.395 e. The van der Waals surface area contributed by atoms with E-state index < -0.39 is 0 Å². The summed E-state index contributed by atoms with van der Waals surface area (Å²) in [6, 6.07) is 2.05. The van der Waals surface area contributed by atoms with E-state index in [4.69, 9.17) is 5.11 Å². The van der Waals surface area contributed by atoms with Gasteiger partial charge in [-0.15, -0.1) is 11.3 Å². The predicted molar refractivity (Wildman–Crippen MR) is 83.5 cm³/mol. The highest BCUT2D eigenvalue weighted by atomic mass is 32.1. The number of anilines is 1. The Morgan fingerprint density at radius 2 is 2.38 bits per heavy atom. The van der Waals surface area contributed by atoms with Gasteiger partial charge < -0.3 is 10.4 Å². The number of carbonyl (C=O) groups is 1. The number of aliphatic hydroxyl groups excluding tert-OH is 1. The van der Waals surface area contributed by atoms with Gasteiger partial charge in [0.1, 0.15) is 4.88 Å². The normalized spacial score (nSPS) is 10.3. The molecule has 0 spiro atoms. The molecule has 0 aliphatic heterocycles. The Kier molecular flexibility index (Phi) is 5.14. The molecule has 6 heteroatoms. The number of hydrogen-bond donors (Lipinski definition) is 2. The molecule has 0 saturated carbocycles. The number of amides is 1. The highest BCUT2D eigenvalue weighted by Crippen LogP contribution is 2.18. The molecule has 110 valence electrons. The minimum atomic E-state index is -0.193. The lowest BCUT2D eigenvalue weighted by atomic mass is 10.2. The van der Waals surface area contributed by atoms with Crippen LogP contribution in [0.25, 0.3) is 0 Å².